The Hall–Kier alpha value is -5.06. The summed E-state index contributed by atoms with van der Waals surface area (Å²) < 4.78 is 1.36. The molecule has 10 rings (SSSR count). The fraction of sp³-hybridized carbons (Fsp3) is 0.345. The lowest BCUT2D eigenvalue weighted by Gasteiger charge is -2.46. The SMILES string of the molecule is CC(C)(C)c1ccc2scc(B3c4ccc(N(c5ccccc5)c5ccccc5)cc4N(c4ccc5c(c4)C(C)(C)CCC5(C)C)c4cc5c(cc43)C(C)(C)CCC5(C)C)c2c1. The lowest BCUT2D eigenvalue weighted by molar-refractivity contribution is 0.332. The summed E-state index contributed by atoms with van der Waals surface area (Å²) >= 11 is 1.90. The Bertz CT molecular complexity index is 2820. The molecule has 1 aromatic heterocycles. The number of para-hydroxylation sites is 2. The van der Waals surface area contributed by atoms with Crippen molar-refractivity contribution in [2.45, 2.75) is 129 Å². The minimum atomic E-state index is 0.0449. The van der Waals surface area contributed by atoms with Crippen LogP contribution in [0.5, 0.6) is 0 Å². The van der Waals surface area contributed by atoms with Gasteiger partial charge >= 0.3 is 0 Å². The number of fused-ring (bicyclic) bond motifs is 5. The van der Waals surface area contributed by atoms with Crippen molar-refractivity contribution in [3.63, 3.8) is 0 Å². The largest absolute Gasteiger partial charge is 0.311 e. The van der Waals surface area contributed by atoms with Gasteiger partial charge in [-0.1, -0.05) is 148 Å². The Morgan fingerprint density at radius 2 is 1.05 bits per heavy atom. The number of rotatable bonds is 5. The first-order valence-electron chi connectivity index (χ1n) is 23.0. The molecule has 2 nitrogen and oxygen atoms in total. The van der Waals surface area contributed by atoms with Gasteiger partial charge in [-0.2, -0.15) is 0 Å². The van der Waals surface area contributed by atoms with E-state index in [1.807, 2.05) is 11.3 Å². The van der Waals surface area contributed by atoms with Crippen molar-refractivity contribution < 1.29 is 0 Å². The van der Waals surface area contributed by atoms with Crippen molar-refractivity contribution in [3.05, 3.63) is 161 Å². The van der Waals surface area contributed by atoms with E-state index >= 15 is 0 Å². The molecule has 0 bridgehead atoms. The van der Waals surface area contributed by atoms with Gasteiger partial charge < -0.3 is 9.80 Å². The first-order valence-corrected chi connectivity index (χ1v) is 23.9. The maximum atomic E-state index is 2.67. The van der Waals surface area contributed by atoms with Gasteiger partial charge in [-0.15, -0.1) is 11.3 Å². The van der Waals surface area contributed by atoms with Crippen LogP contribution in [0, 0.1) is 0 Å². The highest BCUT2D eigenvalue weighted by Gasteiger charge is 2.44. The average Bonchev–Trinajstić information content (AvgIpc) is 3.66. The number of thiophene rings is 1. The van der Waals surface area contributed by atoms with Gasteiger partial charge in [-0.25, -0.2) is 0 Å². The summed E-state index contributed by atoms with van der Waals surface area (Å²) in [6, 6.07) is 49.2. The predicted octanol–water partition coefficient (Wildman–Crippen LogP) is 14.7. The second-order valence-corrected chi connectivity index (χ2v) is 23.3. The molecule has 0 saturated heterocycles. The first kappa shape index (κ1) is 41.0. The van der Waals surface area contributed by atoms with E-state index < -0.39 is 0 Å². The van der Waals surface area contributed by atoms with Crippen LogP contribution < -0.4 is 26.2 Å². The molecule has 0 unspecified atom stereocenters. The third-order valence-corrected chi connectivity index (χ3v) is 16.3. The van der Waals surface area contributed by atoms with Crippen molar-refractivity contribution >= 4 is 78.6 Å². The van der Waals surface area contributed by atoms with Gasteiger partial charge in [0.1, 0.15) is 0 Å². The van der Waals surface area contributed by atoms with Crippen LogP contribution in [0.3, 0.4) is 0 Å². The molecule has 2 heterocycles. The highest BCUT2D eigenvalue weighted by molar-refractivity contribution is 7.20. The zero-order valence-corrected chi connectivity index (χ0v) is 39.7. The van der Waals surface area contributed by atoms with Crippen LogP contribution >= 0.6 is 11.3 Å². The number of anilines is 6. The Labute approximate surface area is 376 Å². The van der Waals surface area contributed by atoms with Crippen molar-refractivity contribution in [2.24, 2.45) is 0 Å². The summed E-state index contributed by atoms with van der Waals surface area (Å²) in [6.45, 7) is 26.8. The lowest BCUT2D eigenvalue weighted by atomic mass is 9.34. The molecule has 6 aromatic carbocycles. The Morgan fingerprint density at radius 1 is 0.500 bits per heavy atom. The van der Waals surface area contributed by atoms with Gasteiger partial charge in [0.15, 0.2) is 0 Å². The maximum absolute atomic E-state index is 2.67. The normalized spacial score (nSPS) is 18.1. The van der Waals surface area contributed by atoms with E-state index in [9.17, 15) is 0 Å². The minimum absolute atomic E-state index is 0.0449. The molecule has 0 fully saturated rings. The molecule has 62 heavy (non-hydrogen) atoms. The molecule has 1 aliphatic heterocycles. The topological polar surface area (TPSA) is 6.48 Å². The van der Waals surface area contributed by atoms with Crippen LogP contribution in [0.15, 0.2) is 133 Å². The Balaban J connectivity index is 1.31. The predicted molar refractivity (Wildman–Crippen MR) is 272 cm³/mol. The molecule has 0 spiro atoms. The Morgan fingerprint density at radius 3 is 1.65 bits per heavy atom. The van der Waals surface area contributed by atoms with Crippen molar-refractivity contribution in [1.82, 2.24) is 0 Å². The summed E-state index contributed by atoms with van der Waals surface area (Å²) in [5.74, 6) is 0. The molecule has 0 N–H and O–H groups in total. The first-order chi connectivity index (χ1) is 29.3. The molecule has 0 atom stereocenters. The summed E-state index contributed by atoms with van der Waals surface area (Å²) in [5.41, 5.74) is 19.2. The average molecular weight is 831 g/mol. The van der Waals surface area contributed by atoms with Gasteiger partial charge in [-0.05, 0) is 163 Å². The van der Waals surface area contributed by atoms with Crippen molar-refractivity contribution in [3.8, 4) is 0 Å². The minimum Gasteiger partial charge on any atom is -0.311 e. The zero-order valence-electron chi connectivity index (χ0n) is 38.9. The van der Waals surface area contributed by atoms with Crippen LogP contribution in [0.25, 0.3) is 10.1 Å². The summed E-state index contributed by atoms with van der Waals surface area (Å²) in [4.78, 5) is 5.10. The van der Waals surface area contributed by atoms with Gasteiger partial charge in [0.05, 0.1) is 0 Å². The molecular formula is C58H63BN2S. The molecule has 2 aliphatic carbocycles. The molecule has 0 radical (unpaired) electrons. The van der Waals surface area contributed by atoms with E-state index in [2.05, 4.69) is 219 Å². The van der Waals surface area contributed by atoms with Crippen molar-refractivity contribution in [1.29, 1.82) is 0 Å². The number of hydrogen-bond donors (Lipinski definition) is 0. The number of benzene rings is 6. The fourth-order valence-corrected chi connectivity index (χ4v) is 12.1. The van der Waals surface area contributed by atoms with Gasteiger partial charge in [-0.3, -0.25) is 0 Å². The highest BCUT2D eigenvalue weighted by Crippen LogP contribution is 2.52. The number of hydrogen-bond acceptors (Lipinski definition) is 3. The highest BCUT2D eigenvalue weighted by atomic mass is 32.1. The second-order valence-electron chi connectivity index (χ2n) is 22.4. The summed E-state index contributed by atoms with van der Waals surface area (Å²) in [7, 11) is 0. The molecular weight excluding hydrogens is 768 g/mol. The van der Waals surface area contributed by atoms with Gasteiger partial charge in [0.2, 0.25) is 6.71 Å². The van der Waals surface area contributed by atoms with Crippen LogP contribution in [0.4, 0.5) is 34.1 Å². The zero-order chi connectivity index (χ0) is 43.6. The maximum Gasteiger partial charge on any atom is 0.248 e. The van der Waals surface area contributed by atoms with Crippen LogP contribution in [0.1, 0.15) is 130 Å². The monoisotopic (exact) mass is 830 g/mol. The van der Waals surface area contributed by atoms with E-state index in [-0.39, 0.29) is 33.8 Å². The lowest BCUT2D eigenvalue weighted by Crippen LogP contribution is -2.57. The molecule has 7 aromatic rings. The quantitative estimate of drug-likeness (QED) is 0.159. The van der Waals surface area contributed by atoms with E-state index in [1.54, 1.807) is 0 Å². The molecule has 0 amide bonds. The van der Waals surface area contributed by atoms with Gasteiger partial charge in [0.25, 0.3) is 0 Å². The molecule has 3 aliphatic rings. The third kappa shape index (κ3) is 6.66. The third-order valence-electron chi connectivity index (χ3n) is 15.3. The Kier molecular flexibility index (Phi) is 9.41. The van der Waals surface area contributed by atoms with Crippen LogP contribution in [-0.2, 0) is 27.1 Å². The van der Waals surface area contributed by atoms with Crippen LogP contribution in [-0.4, -0.2) is 6.71 Å². The van der Waals surface area contributed by atoms with E-state index in [1.165, 1.54) is 97.0 Å². The molecule has 0 saturated carbocycles. The summed E-state index contributed by atoms with van der Waals surface area (Å²) in [5, 5.41) is 3.86. The van der Waals surface area contributed by atoms with Gasteiger partial charge in [0, 0.05) is 38.8 Å². The standard InChI is InChI=1S/C58H63BN2S/c1-54(2,3)38-22-27-53-43(32-38)50(37-62-53)59-48-26-24-42(60(39-18-14-12-15-19-39)40-20-16-13-17-21-40)34-51(48)61(41-23-25-44-45(33-41)56(6,7)29-28-55(44,4)5)52-36-47-46(35-49(52)59)57(8,9)30-31-58(47,10)11/h12-27,32-37H,28-31H2,1-11H3. The smallest absolute Gasteiger partial charge is 0.248 e. The van der Waals surface area contributed by atoms with E-state index in [4.69, 9.17) is 0 Å². The molecule has 314 valence electrons. The van der Waals surface area contributed by atoms with Crippen molar-refractivity contribution in [2.75, 3.05) is 9.80 Å². The second kappa shape index (κ2) is 14.2. The fourth-order valence-electron chi connectivity index (χ4n) is 11.1. The van der Waals surface area contributed by atoms with E-state index in [0.717, 1.165) is 17.1 Å². The van der Waals surface area contributed by atoms with E-state index in [0.29, 0.717) is 0 Å². The summed E-state index contributed by atoms with van der Waals surface area (Å²) in [6.07, 6.45) is 4.73. The number of nitrogens with zero attached hydrogens (tertiary/aromatic N) is 2. The molecule has 4 heteroatoms. The van der Waals surface area contributed by atoms with Crippen LogP contribution in [0.2, 0.25) is 0 Å².